The number of nitrogens with one attached hydrogen (secondary N) is 2. The van der Waals surface area contributed by atoms with Gasteiger partial charge in [-0.25, -0.2) is 14.8 Å². The van der Waals surface area contributed by atoms with Gasteiger partial charge in [0.15, 0.2) is 5.65 Å². The molecule has 2 heterocycles. The molecule has 27 heavy (non-hydrogen) atoms. The highest BCUT2D eigenvalue weighted by atomic mass is 16.5. The van der Waals surface area contributed by atoms with Crippen LogP contribution in [0, 0.1) is 0 Å². The number of carbonyl (C=O) groups is 1. The molecule has 134 valence electrons. The molecule has 0 aliphatic heterocycles. The molecule has 1 amide bonds. The Kier molecular flexibility index (Phi) is 4.36. The molecule has 8 heteroatoms. The average Bonchev–Trinajstić information content (AvgIpc) is 3.13. The van der Waals surface area contributed by atoms with Crippen LogP contribution in [0.25, 0.3) is 22.3 Å². The van der Waals surface area contributed by atoms with E-state index >= 15 is 0 Å². The highest BCUT2D eigenvalue weighted by Crippen LogP contribution is 2.29. The summed E-state index contributed by atoms with van der Waals surface area (Å²) in [7, 11) is 0. The standard InChI is InChI=1S/C19H16N6O2/c20-17-15-16(24-25-18(15)22-11-21-17)13-6-8-14(9-7-13)23-19(26)27-10-12-4-2-1-3-5-12/h1-9,11H,10H2,(H,23,26)(H3,20,21,22,24,25). The van der Waals surface area contributed by atoms with Gasteiger partial charge in [0.1, 0.15) is 18.8 Å². The highest BCUT2D eigenvalue weighted by molar-refractivity contribution is 5.98. The number of aromatic nitrogens is 4. The van der Waals surface area contributed by atoms with Gasteiger partial charge in [0.25, 0.3) is 0 Å². The van der Waals surface area contributed by atoms with E-state index in [1.54, 1.807) is 12.1 Å². The maximum absolute atomic E-state index is 11.9. The Bertz CT molecular complexity index is 1080. The van der Waals surface area contributed by atoms with Crippen molar-refractivity contribution in [2.75, 3.05) is 11.1 Å². The Morgan fingerprint density at radius 1 is 1.07 bits per heavy atom. The van der Waals surface area contributed by atoms with E-state index in [0.29, 0.717) is 22.5 Å². The number of nitrogen functional groups attached to an aromatic ring is 1. The number of carbonyl (C=O) groups excluding carboxylic acids is 1. The predicted octanol–water partition coefficient (Wildman–Crippen LogP) is 3.35. The smallest absolute Gasteiger partial charge is 0.411 e. The summed E-state index contributed by atoms with van der Waals surface area (Å²) in [5.41, 5.74) is 9.55. The summed E-state index contributed by atoms with van der Waals surface area (Å²) >= 11 is 0. The van der Waals surface area contributed by atoms with Gasteiger partial charge in [0.05, 0.1) is 11.1 Å². The molecule has 0 spiro atoms. The molecule has 0 radical (unpaired) electrons. The molecule has 4 N–H and O–H groups in total. The van der Waals surface area contributed by atoms with Crippen molar-refractivity contribution in [3.05, 3.63) is 66.5 Å². The quantitative estimate of drug-likeness (QED) is 0.513. The molecule has 0 saturated carbocycles. The van der Waals surface area contributed by atoms with Crippen molar-refractivity contribution in [2.24, 2.45) is 0 Å². The SMILES string of the molecule is Nc1ncnc2n[nH]c(-c3ccc(NC(=O)OCc4ccccc4)cc3)c12. The minimum absolute atomic E-state index is 0.212. The van der Waals surface area contributed by atoms with Crippen LogP contribution in [0.3, 0.4) is 0 Å². The van der Waals surface area contributed by atoms with E-state index < -0.39 is 6.09 Å². The Balaban J connectivity index is 1.45. The van der Waals surface area contributed by atoms with Crippen LogP contribution in [0.4, 0.5) is 16.3 Å². The normalized spacial score (nSPS) is 10.7. The van der Waals surface area contributed by atoms with E-state index in [1.807, 2.05) is 42.5 Å². The molecular formula is C19H16N6O2. The molecule has 8 nitrogen and oxygen atoms in total. The third-order valence-electron chi connectivity index (χ3n) is 4.01. The Morgan fingerprint density at radius 3 is 2.63 bits per heavy atom. The van der Waals surface area contributed by atoms with Gasteiger partial charge < -0.3 is 10.5 Å². The predicted molar refractivity (Wildman–Crippen MR) is 102 cm³/mol. The second-order valence-electron chi connectivity index (χ2n) is 5.82. The number of anilines is 2. The van der Waals surface area contributed by atoms with Gasteiger partial charge in [-0.1, -0.05) is 42.5 Å². The minimum atomic E-state index is -0.517. The summed E-state index contributed by atoms with van der Waals surface area (Å²) in [4.78, 5) is 20.0. The van der Waals surface area contributed by atoms with Gasteiger partial charge in [-0.15, -0.1) is 0 Å². The summed E-state index contributed by atoms with van der Waals surface area (Å²) in [5.74, 6) is 0.357. The molecule has 0 aliphatic rings. The summed E-state index contributed by atoms with van der Waals surface area (Å²) in [6, 6.07) is 16.7. The fraction of sp³-hybridized carbons (Fsp3) is 0.0526. The van der Waals surface area contributed by atoms with Crippen molar-refractivity contribution in [3.8, 4) is 11.3 Å². The van der Waals surface area contributed by atoms with Crippen molar-refractivity contribution >= 4 is 28.6 Å². The van der Waals surface area contributed by atoms with E-state index in [2.05, 4.69) is 25.5 Å². The van der Waals surface area contributed by atoms with Crippen molar-refractivity contribution in [1.29, 1.82) is 0 Å². The first-order valence-electron chi connectivity index (χ1n) is 8.23. The number of amides is 1. The number of benzene rings is 2. The van der Waals surface area contributed by atoms with E-state index in [1.165, 1.54) is 6.33 Å². The van der Waals surface area contributed by atoms with Crippen LogP contribution in [0.2, 0.25) is 0 Å². The van der Waals surface area contributed by atoms with Crippen LogP contribution in [-0.2, 0) is 11.3 Å². The number of H-pyrrole nitrogens is 1. The second kappa shape index (κ2) is 7.12. The van der Waals surface area contributed by atoms with Crippen LogP contribution >= 0.6 is 0 Å². The van der Waals surface area contributed by atoms with Gasteiger partial charge in [-0.3, -0.25) is 10.4 Å². The Hall–Kier alpha value is -3.94. The maximum atomic E-state index is 11.9. The molecule has 0 fully saturated rings. The number of nitrogens with zero attached hydrogens (tertiary/aromatic N) is 3. The van der Waals surface area contributed by atoms with Crippen molar-refractivity contribution in [1.82, 2.24) is 20.2 Å². The molecule has 0 unspecified atom stereocenters. The maximum Gasteiger partial charge on any atom is 0.411 e. The highest BCUT2D eigenvalue weighted by Gasteiger charge is 2.12. The molecule has 0 atom stereocenters. The lowest BCUT2D eigenvalue weighted by molar-refractivity contribution is 0.155. The summed E-state index contributed by atoms with van der Waals surface area (Å²) in [5, 5.41) is 10.4. The fourth-order valence-corrected chi connectivity index (χ4v) is 2.68. The minimum Gasteiger partial charge on any atom is -0.444 e. The van der Waals surface area contributed by atoms with Crippen LogP contribution in [0.15, 0.2) is 60.9 Å². The topological polar surface area (TPSA) is 119 Å². The molecular weight excluding hydrogens is 344 g/mol. The lowest BCUT2D eigenvalue weighted by Crippen LogP contribution is -2.13. The number of hydrogen-bond acceptors (Lipinski definition) is 6. The number of rotatable bonds is 4. The molecule has 2 aromatic carbocycles. The number of aromatic amines is 1. The van der Waals surface area contributed by atoms with Crippen LogP contribution in [0.1, 0.15) is 5.56 Å². The molecule has 4 rings (SSSR count). The zero-order valence-corrected chi connectivity index (χ0v) is 14.2. The zero-order valence-electron chi connectivity index (χ0n) is 14.2. The first kappa shape index (κ1) is 16.5. The van der Waals surface area contributed by atoms with Crippen molar-refractivity contribution < 1.29 is 9.53 Å². The fourth-order valence-electron chi connectivity index (χ4n) is 2.68. The number of hydrogen-bond donors (Lipinski definition) is 3. The molecule has 0 bridgehead atoms. The van der Waals surface area contributed by atoms with E-state index in [4.69, 9.17) is 10.5 Å². The zero-order chi connectivity index (χ0) is 18.6. The summed E-state index contributed by atoms with van der Waals surface area (Å²) < 4.78 is 5.21. The summed E-state index contributed by atoms with van der Waals surface area (Å²) in [6.45, 7) is 0.212. The van der Waals surface area contributed by atoms with Crippen molar-refractivity contribution in [2.45, 2.75) is 6.61 Å². The lowest BCUT2D eigenvalue weighted by Gasteiger charge is -2.08. The average molecular weight is 360 g/mol. The third-order valence-corrected chi connectivity index (χ3v) is 4.01. The number of fused-ring (bicyclic) bond motifs is 1. The van der Waals surface area contributed by atoms with Crippen LogP contribution in [-0.4, -0.2) is 26.3 Å². The lowest BCUT2D eigenvalue weighted by atomic mass is 10.1. The Labute approximate surface area is 154 Å². The van der Waals surface area contributed by atoms with Gasteiger partial charge >= 0.3 is 6.09 Å². The van der Waals surface area contributed by atoms with Crippen LogP contribution < -0.4 is 11.1 Å². The first-order chi connectivity index (χ1) is 13.2. The van der Waals surface area contributed by atoms with Gasteiger partial charge in [0, 0.05) is 11.3 Å². The molecule has 4 aromatic rings. The van der Waals surface area contributed by atoms with E-state index in [0.717, 1.165) is 16.8 Å². The van der Waals surface area contributed by atoms with Crippen LogP contribution in [0.5, 0.6) is 0 Å². The second-order valence-corrected chi connectivity index (χ2v) is 5.82. The van der Waals surface area contributed by atoms with E-state index in [9.17, 15) is 4.79 Å². The number of ether oxygens (including phenoxy) is 1. The van der Waals surface area contributed by atoms with E-state index in [-0.39, 0.29) is 6.61 Å². The first-order valence-corrected chi connectivity index (χ1v) is 8.23. The van der Waals surface area contributed by atoms with Gasteiger partial charge in [0.2, 0.25) is 0 Å². The number of nitrogens with two attached hydrogens (primary N) is 1. The van der Waals surface area contributed by atoms with Gasteiger partial charge in [-0.05, 0) is 17.7 Å². The van der Waals surface area contributed by atoms with Crippen molar-refractivity contribution in [3.63, 3.8) is 0 Å². The molecule has 2 aromatic heterocycles. The monoisotopic (exact) mass is 360 g/mol. The molecule has 0 aliphatic carbocycles. The van der Waals surface area contributed by atoms with Gasteiger partial charge in [-0.2, -0.15) is 5.10 Å². The largest absolute Gasteiger partial charge is 0.444 e. The Morgan fingerprint density at radius 2 is 1.85 bits per heavy atom. The third kappa shape index (κ3) is 3.54. The summed E-state index contributed by atoms with van der Waals surface area (Å²) in [6.07, 6.45) is 0.854. The molecule has 0 saturated heterocycles.